The molecule has 9 heteroatoms. The first-order valence-electron chi connectivity index (χ1n) is 10.5. The second-order valence-corrected chi connectivity index (χ2v) is 7.81. The first kappa shape index (κ1) is 20.6. The van der Waals surface area contributed by atoms with E-state index in [1.807, 2.05) is 31.2 Å². The van der Waals surface area contributed by atoms with Crippen molar-refractivity contribution in [2.24, 2.45) is 5.10 Å². The van der Waals surface area contributed by atoms with Gasteiger partial charge in [-0.2, -0.15) is 10.2 Å². The zero-order valence-corrected chi connectivity index (χ0v) is 18.1. The van der Waals surface area contributed by atoms with Gasteiger partial charge in [0.25, 0.3) is 5.91 Å². The van der Waals surface area contributed by atoms with Crippen LogP contribution in [0.4, 0.5) is 0 Å². The molecule has 0 radical (unpaired) electrons. The van der Waals surface area contributed by atoms with Crippen molar-refractivity contribution in [3.8, 4) is 0 Å². The first-order valence-corrected chi connectivity index (χ1v) is 10.5. The van der Waals surface area contributed by atoms with Crippen LogP contribution < -0.4 is 0 Å². The minimum absolute atomic E-state index is 0.233. The van der Waals surface area contributed by atoms with Gasteiger partial charge in [0.2, 0.25) is 0 Å². The molecule has 0 spiro atoms. The van der Waals surface area contributed by atoms with Gasteiger partial charge in [-0.05, 0) is 37.6 Å². The molecular formula is C24H21N5O4. The van der Waals surface area contributed by atoms with Crippen molar-refractivity contribution < 1.29 is 18.7 Å². The second kappa shape index (κ2) is 8.34. The van der Waals surface area contributed by atoms with Gasteiger partial charge in [-0.1, -0.05) is 29.8 Å². The van der Waals surface area contributed by atoms with E-state index in [0.717, 1.165) is 16.8 Å². The smallest absolute Gasteiger partial charge is 0.344 e. The molecule has 1 unspecified atom stereocenters. The number of aromatic nitrogens is 3. The average Bonchev–Trinajstić information content (AvgIpc) is 3.55. The maximum absolute atomic E-state index is 13.1. The van der Waals surface area contributed by atoms with Crippen molar-refractivity contribution >= 4 is 23.2 Å². The largest absolute Gasteiger partial charge is 0.467 e. The van der Waals surface area contributed by atoms with E-state index in [1.165, 1.54) is 9.52 Å². The predicted molar refractivity (Wildman–Crippen MR) is 119 cm³/mol. The lowest BCUT2D eigenvalue weighted by Crippen LogP contribution is -2.31. The molecule has 0 bridgehead atoms. The summed E-state index contributed by atoms with van der Waals surface area (Å²) in [6.07, 6.45) is 5.31. The minimum atomic E-state index is -0.661. The molecule has 5 rings (SSSR count). The van der Waals surface area contributed by atoms with Gasteiger partial charge in [-0.15, -0.1) is 0 Å². The fraction of sp³-hybridized carbons (Fsp3) is 0.208. The number of fused-ring (bicyclic) bond motifs is 1. The minimum Gasteiger partial charge on any atom is -0.467 e. The van der Waals surface area contributed by atoms with Crippen LogP contribution >= 0.6 is 0 Å². The molecule has 0 saturated carbocycles. The summed E-state index contributed by atoms with van der Waals surface area (Å²) in [7, 11) is 0. The van der Waals surface area contributed by atoms with Gasteiger partial charge in [0.1, 0.15) is 17.4 Å². The number of benzene rings is 1. The van der Waals surface area contributed by atoms with E-state index in [1.54, 1.807) is 43.8 Å². The van der Waals surface area contributed by atoms with Crippen LogP contribution in [0.1, 0.15) is 45.4 Å². The van der Waals surface area contributed by atoms with E-state index in [0.29, 0.717) is 23.5 Å². The third-order valence-electron chi connectivity index (χ3n) is 5.52. The Bertz CT molecular complexity index is 1360. The van der Waals surface area contributed by atoms with Gasteiger partial charge >= 0.3 is 5.97 Å². The van der Waals surface area contributed by atoms with Gasteiger partial charge in [0.15, 0.2) is 12.3 Å². The molecule has 1 aliphatic heterocycles. The number of hydrogen-bond acceptors (Lipinski definition) is 7. The molecule has 1 aliphatic rings. The highest BCUT2D eigenvalue weighted by Gasteiger charge is 2.35. The lowest BCUT2D eigenvalue weighted by Gasteiger charge is -2.19. The van der Waals surface area contributed by atoms with E-state index in [-0.39, 0.29) is 5.56 Å². The maximum atomic E-state index is 13.1. The maximum Gasteiger partial charge on any atom is 0.344 e. The van der Waals surface area contributed by atoms with E-state index in [9.17, 15) is 9.59 Å². The van der Waals surface area contributed by atoms with Gasteiger partial charge in [-0.25, -0.2) is 19.3 Å². The summed E-state index contributed by atoms with van der Waals surface area (Å²) in [5, 5.41) is 10.1. The van der Waals surface area contributed by atoms with Crippen LogP contribution in [0.5, 0.6) is 0 Å². The normalized spacial score (nSPS) is 15.6. The molecule has 1 amide bonds. The number of ether oxygens (including phenoxy) is 1. The van der Waals surface area contributed by atoms with Crippen molar-refractivity contribution in [2.75, 3.05) is 6.61 Å². The third kappa shape index (κ3) is 3.89. The summed E-state index contributed by atoms with van der Waals surface area (Å²) in [6, 6.07) is 12.8. The predicted octanol–water partition coefficient (Wildman–Crippen LogP) is 3.47. The number of hydrazone groups is 1. The summed E-state index contributed by atoms with van der Waals surface area (Å²) >= 11 is 0. The van der Waals surface area contributed by atoms with Crippen LogP contribution in [0, 0.1) is 13.8 Å². The van der Waals surface area contributed by atoms with Gasteiger partial charge < -0.3 is 9.15 Å². The average molecular weight is 443 g/mol. The van der Waals surface area contributed by atoms with Crippen molar-refractivity contribution in [1.29, 1.82) is 0 Å². The number of carbonyl (C=O) groups is 2. The van der Waals surface area contributed by atoms with Crippen molar-refractivity contribution in [3.63, 3.8) is 0 Å². The Morgan fingerprint density at radius 3 is 2.73 bits per heavy atom. The molecule has 0 N–H and O–H groups in total. The molecule has 0 aliphatic carbocycles. The summed E-state index contributed by atoms with van der Waals surface area (Å²) in [4.78, 5) is 30.0. The van der Waals surface area contributed by atoms with Crippen LogP contribution in [-0.2, 0) is 9.53 Å². The van der Waals surface area contributed by atoms with Gasteiger partial charge in [-0.3, -0.25) is 4.79 Å². The van der Waals surface area contributed by atoms with E-state index in [2.05, 4.69) is 15.2 Å². The Morgan fingerprint density at radius 1 is 1.15 bits per heavy atom. The van der Waals surface area contributed by atoms with Crippen LogP contribution in [0.2, 0.25) is 0 Å². The number of aryl methyl sites for hydroxylation is 2. The Kier molecular flexibility index (Phi) is 5.21. The summed E-state index contributed by atoms with van der Waals surface area (Å²) in [5.74, 6) is -0.497. The summed E-state index contributed by atoms with van der Waals surface area (Å²) < 4.78 is 12.4. The molecule has 33 heavy (non-hydrogen) atoms. The number of amides is 1. The molecule has 4 heterocycles. The van der Waals surface area contributed by atoms with Crippen LogP contribution in [0.25, 0.3) is 5.65 Å². The molecule has 0 saturated heterocycles. The van der Waals surface area contributed by atoms with Crippen molar-refractivity contribution in [2.45, 2.75) is 26.3 Å². The topological polar surface area (TPSA) is 102 Å². The van der Waals surface area contributed by atoms with Crippen LogP contribution in [-0.4, -0.2) is 43.8 Å². The molecule has 1 aromatic carbocycles. The second-order valence-electron chi connectivity index (χ2n) is 7.81. The highest BCUT2D eigenvalue weighted by molar-refractivity contribution is 6.03. The van der Waals surface area contributed by atoms with Gasteiger partial charge in [0, 0.05) is 18.8 Å². The molecule has 9 nitrogen and oxygen atoms in total. The van der Waals surface area contributed by atoms with E-state index >= 15 is 0 Å². The van der Waals surface area contributed by atoms with Gasteiger partial charge in [0.05, 0.1) is 17.7 Å². The fourth-order valence-corrected chi connectivity index (χ4v) is 3.86. The lowest BCUT2D eigenvalue weighted by atomic mass is 10.0. The van der Waals surface area contributed by atoms with Crippen molar-refractivity contribution in [3.05, 3.63) is 89.3 Å². The third-order valence-corrected chi connectivity index (χ3v) is 5.52. The number of rotatable bonds is 5. The molecule has 166 valence electrons. The Morgan fingerprint density at radius 2 is 1.97 bits per heavy atom. The number of nitrogens with zero attached hydrogens (tertiary/aromatic N) is 5. The standard InChI is InChI=1S/C24H21N5O4/c1-15-6-8-17(9-7-15)18-13-19(20-5-3-12-32-20)29(27-18)21(30)14-33-24(31)22-16(2)26-28-11-4-10-25-23(22)28/h3-12,19H,13-14H2,1-2H3. The monoisotopic (exact) mass is 443 g/mol. The van der Waals surface area contributed by atoms with Crippen molar-refractivity contribution in [1.82, 2.24) is 19.6 Å². The SMILES string of the molecule is Cc1ccc(C2=NN(C(=O)COC(=O)c3c(C)nn4cccnc34)C(c3ccco3)C2)cc1. The van der Waals surface area contributed by atoms with E-state index < -0.39 is 24.5 Å². The highest BCUT2D eigenvalue weighted by Crippen LogP contribution is 2.33. The number of esters is 1. The molecule has 1 atom stereocenters. The highest BCUT2D eigenvalue weighted by atomic mass is 16.5. The molecule has 0 fully saturated rings. The van der Waals surface area contributed by atoms with E-state index in [4.69, 9.17) is 9.15 Å². The molecular weight excluding hydrogens is 422 g/mol. The lowest BCUT2D eigenvalue weighted by molar-refractivity contribution is -0.136. The Balaban J connectivity index is 1.36. The number of carbonyl (C=O) groups excluding carboxylic acids is 2. The summed E-state index contributed by atoms with van der Waals surface area (Å²) in [5.41, 5.74) is 3.91. The Hall–Kier alpha value is -4.27. The Labute approximate surface area is 189 Å². The van der Waals surface area contributed by atoms with Crippen LogP contribution in [0.15, 0.2) is 70.6 Å². The zero-order valence-electron chi connectivity index (χ0n) is 18.1. The zero-order chi connectivity index (χ0) is 22.9. The number of furan rings is 1. The number of hydrogen-bond donors (Lipinski definition) is 0. The first-order chi connectivity index (χ1) is 16.0. The van der Waals surface area contributed by atoms with Crippen LogP contribution in [0.3, 0.4) is 0 Å². The summed E-state index contributed by atoms with van der Waals surface area (Å²) in [6.45, 7) is 3.24. The fourth-order valence-electron chi connectivity index (χ4n) is 3.86. The quantitative estimate of drug-likeness (QED) is 0.438. The molecule has 4 aromatic rings. The molecule has 3 aromatic heterocycles.